The summed E-state index contributed by atoms with van der Waals surface area (Å²) in [5.74, 6) is -3.99. The van der Waals surface area contributed by atoms with E-state index in [2.05, 4.69) is 36.2 Å². The maximum atomic E-state index is 14.9. The summed E-state index contributed by atoms with van der Waals surface area (Å²) in [6.45, 7) is 3.43. The molecule has 0 radical (unpaired) electrons. The van der Waals surface area contributed by atoms with Crippen molar-refractivity contribution in [2.75, 3.05) is 11.4 Å². The predicted octanol–water partition coefficient (Wildman–Crippen LogP) is 2.39. The van der Waals surface area contributed by atoms with Gasteiger partial charge in [-0.2, -0.15) is 0 Å². The zero-order valence-electron chi connectivity index (χ0n) is 36.5. The van der Waals surface area contributed by atoms with Crippen molar-refractivity contribution in [1.82, 2.24) is 36.2 Å². The molecule has 17 heteroatoms. The van der Waals surface area contributed by atoms with Gasteiger partial charge >= 0.3 is 0 Å². The Bertz CT molecular complexity index is 2580. The van der Waals surface area contributed by atoms with E-state index in [0.717, 1.165) is 27.2 Å². The molecule has 0 aliphatic carbocycles. The molecule has 2 aromatic heterocycles. The number of benzene rings is 4. The van der Waals surface area contributed by atoms with Gasteiger partial charge in [-0.15, -0.1) is 0 Å². The molecule has 17 nitrogen and oxygen atoms in total. The van der Waals surface area contributed by atoms with Crippen molar-refractivity contribution >= 4 is 62.8 Å². The van der Waals surface area contributed by atoms with Crippen LogP contribution in [-0.4, -0.2) is 93.2 Å². The number of nitrogens with two attached hydrogens (primary N) is 3. The van der Waals surface area contributed by atoms with E-state index in [1.807, 2.05) is 60.7 Å². The molecule has 0 fully saturated rings. The highest BCUT2D eigenvalue weighted by Crippen LogP contribution is 2.26. The summed E-state index contributed by atoms with van der Waals surface area (Å²) >= 11 is 0. The number of imidazole rings is 1. The number of hydrogen-bond acceptors (Lipinski definition) is 9. The standard InChI is InChI=1S/C48H57N11O6/c1-29(50)44(61)58-42(25-35-27-52-28-54-35)48(65)59(36-20-19-32-14-6-7-15-33(32)23-36)30(2)45(62)56-41(24-34-26-53-38-17-9-8-16-37(34)38)47(64)57-40(22-31-12-4-3-5-13-31)46(63)55-39(43(51)60)18-10-11-21-49/h3-9,12-17,19-20,23,26-30,39-42,53H,10-11,18,21-22,24-25,49-50H2,1-2H3,(H2,51,60)(H,52,54)(H,55,63)(H,56,62)(H,57,64)(H,58,61). The maximum absolute atomic E-state index is 14.9. The minimum absolute atomic E-state index is 0.00416. The van der Waals surface area contributed by atoms with Crippen LogP contribution in [-0.2, 0) is 48.0 Å². The fourth-order valence-corrected chi connectivity index (χ4v) is 7.68. The average molecular weight is 884 g/mol. The van der Waals surface area contributed by atoms with Crippen molar-refractivity contribution in [2.24, 2.45) is 17.2 Å². The predicted molar refractivity (Wildman–Crippen MR) is 249 cm³/mol. The Morgan fingerprint density at radius 3 is 2.02 bits per heavy atom. The number of amides is 6. The first kappa shape index (κ1) is 47.1. The molecule has 340 valence electrons. The summed E-state index contributed by atoms with van der Waals surface area (Å²) in [7, 11) is 0. The zero-order valence-corrected chi connectivity index (χ0v) is 36.5. The highest BCUT2D eigenvalue weighted by molar-refractivity contribution is 6.06. The molecule has 6 rings (SSSR count). The van der Waals surface area contributed by atoms with Crippen LogP contribution < -0.4 is 43.4 Å². The van der Waals surface area contributed by atoms with Crippen molar-refractivity contribution < 1.29 is 28.8 Å². The lowest BCUT2D eigenvalue weighted by Gasteiger charge is -2.33. The van der Waals surface area contributed by atoms with Gasteiger partial charge in [-0.1, -0.05) is 78.9 Å². The number of anilines is 1. The lowest BCUT2D eigenvalue weighted by molar-refractivity contribution is -0.134. The summed E-state index contributed by atoms with van der Waals surface area (Å²) in [4.78, 5) is 95.6. The van der Waals surface area contributed by atoms with Crippen LogP contribution in [0.2, 0.25) is 0 Å². The molecule has 2 heterocycles. The number of primary amides is 1. The van der Waals surface area contributed by atoms with Crippen LogP contribution in [0.4, 0.5) is 5.69 Å². The monoisotopic (exact) mass is 883 g/mol. The second kappa shape index (κ2) is 22.3. The minimum Gasteiger partial charge on any atom is -0.368 e. The van der Waals surface area contributed by atoms with Gasteiger partial charge in [0.2, 0.25) is 29.5 Å². The molecule has 0 aliphatic heterocycles. The maximum Gasteiger partial charge on any atom is 0.250 e. The van der Waals surface area contributed by atoms with Gasteiger partial charge < -0.3 is 48.4 Å². The molecule has 6 amide bonds. The molecule has 0 saturated heterocycles. The van der Waals surface area contributed by atoms with Crippen LogP contribution in [0, 0.1) is 0 Å². The summed E-state index contributed by atoms with van der Waals surface area (Å²) in [6.07, 6.45) is 6.17. The molecule has 0 spiro atoms. The number of aromatic nitrogens is 3. The van der Waals surface area contributed by atoms with Gasteiger partial charge in [-0.25, -0.2) is 4.98 Å². The minimum atomic E-state index is -1.29. The molecule has 0 saturated carbocycles. The molecule has 0 aliphatic rings. The third-order valence-electron chi connectivity index (χ3n) is 11.3. The molecule has 6 unspecified atom stereocenters. The number of unbranched alkanes of at least 4 members (excludes halogenated alkanes) is 1. The van der Waals surface area contributed by atoms with E-state index < -0.39 is 71.7 Å². The Balaban J connectivity index is 1.35. The molecule has 65 heavy (non-hydrogen) atoms. The van der Waals surface area contributed by atoms with E-state index in [9.17, 15) is 28.8 Å². The summed E-state index contributed by atoms with van der Waals surface area (Å²) in [5, 5.41) is 13.7. The molecule has 6 atom stereocenters. The number of nitrogens with one attached hydrogen (secondary N) is 6. The number of nitrogens with zero attached hydrogens (tertiary/aromatic N) is 2. The highest BCUT2D eigenvalue weighted by Gasteiger charge is 2.37. The van der Waals surface area contributed by atoms with Gasteiger partial charge in [-0.3, -0.25) is 33.7 Å². The van der Waals surface area contributed by atoms with E-state index in [-0.39, 0.29) is 25.7 Å². The summed E-state index contributed by atoms with van der Waals surface area (Å²) in [5.41, 5.74) is 20.4. The Kier molecular flexibility index (Phi) is 16.2. The lowest BCUT2D eigenvalue weighted by Crippen LogP contribution is -2.60. The van der Waals surface area contributed by atoms with Gasteiger partial charge in [0, 0.05) is 53.9 Å². The first-order chi connectivity index (χ1) is 31.3. The van der Waals surface area contributed by atoms with Crippen LogP contribution in [0.25, 0.3) is 21.7 Å². The molecule has 12 N–H and O–H groups in total. The number of aromatic amines is 2. The Morgan fingerprint density at radius 2 is 1.32 bits per heavy atom. The van der Waals surface area contributed by atoms with Crippen LogP contribution in [0.3, 0.4) is 0 Å². The van der Waals surface area contributed by atoms with Crippen molar-refractivity contribution in [3.05, 3.63) is 133 Å². The quantitative estimate of drug-likeness (QED) is 0.0452. The molecule has 4 aromatic carbocycles. The number of fused-ring (bicyclic) bond motifs is 2. The van der Waals surface area contributed by atoms with E-state index in [1.54, 1.807) is 42.6 Å². The van der Waals surface area contributed by atoms with Gasteiger partial charge in [-0.05, 0) is 79.8 Å². The fourth-order valence-electron chi connectivity index (χ4n) is 7.68. The van der Waals surface area contributed by atoms with E-state index >= 15 is 0 Å². The molecule has 0 bridgehead atoms. The van der Waals surface area contributed by atoms with Gasteiger partial charge in [0.05, 0.1) is 12.4 Å². The number of para-hydroxylation sites is 1. The summed E-state index contributed by atoms with van der Waals surface area (Å²) in [6, 6.07) is 22.5. The molecular formula is C48H57N11O6. The number of carbonyl (C=O) groups excluding carboxylic acids is 6. The largest absolute Gasteiger partial charge is 0.368 e. The van der Waals surface area contributed by atoms with Crippen molar-refractivity contribution in [3.8, 4) is 0 Å². The third-order valence-corrected chi connectivity index (χ3v) is 11.3. The van der Waals surface area contributed by atoms with Crippen LogP contribution in [0.15, 0.2) is 116 Å². The van der Waals surface area contributed by atoms with Crippen molar-refractivity contribution in [1.29, 1.82) is 0 Å². The number of H-pyrrole nitrogens is 2. The first-order valence-electron chi connectivity index (χ1n) is 21.7. The lowest BCUT2D eigenvalue weighted by atomic mass is 10.0. The van der Waals surface area contributed by atoms with E-state index in [0.29, 0.717) is 36.3 Å². The number of rotatable bonds is 22. The smallest absolute Gasteiger partial charge is 0.250 e. The first-order valence-corrected chi connectivity index (χ1v) is 21.7. The zero-order chi connectivity index (χ0) is 46.5. The van der Waals surface area contributed by atoms with Crippen LogP contribution >= 0.6 is 0 Å². The average Bonchev–Trinajstić information content (AvgIpc) is 3.98. The van der Waals surface area contributed by atoms with E-state index in [1.165, 1.54) is 31.3 Å². The van der Waals surface area contributed by atoms with Crippen molar-refractivity contribution in [3.63, 3.8) is 0 Å². The second-order valence-corrected chi connectivity index (χ2v) is 16.2. The Morgan fingerprint density at radius 1 is 0.677 bits per heavy atom. The third kappa shape index (κ3) is 12.4. The van der Waals surface area contributed by atoms with Gasteiger partial charge in [0.1, 0.15) is 30.2 Å². The Labute approximate surface area is 376 Å². The highest BCUT2D eigenvalue weighted by atomic mass is 16.2. The van der Waals surface area contributed by atoms with E-state index in [4.69, 9.17) is 17.2 Å². The summed E-state index contributed by atoms with van der Waals surface area (Å²) < 4.78 is 0. The topological polar surface area (TPSA) is 276 Å². The number of hydrogen-bond donors (Lipinski definition) is 9. The van der Waals surface area contributed by atoms with Gasteiger partial charge in [0.15, 0.2) is 0 Å². The normalized spacial score (nSPS) is 14.0. The molecular weight excluding hydrogens is 827 g/mol. The second-order valence-electron chi connectivity index (χ2n) is 16.2. The van der Waals surface area contributed by atoms with Gasteiger partial charge in [0.25, 0.3) is 5.91 Å². The molecule has 6 aromatic rings. The van der Waals surface area contributed by atoms with Crippen molar-refractivity contribution in [2.45, 2.75) is 88.6 Å². The number of carbonyl (C=O) groups is 6. The van der Waals surface area contributed by atoms with Crippen LogP contribution in [0.5, 0.6) is 0 Å². The fraction of sp³-hybridized carbons (Fsp3) is 0.312. The SMILES string of the molecule is CC(N)C(=O)NC(Cc1cnc[nH]1)C(=O)N(c1ccc2ccccc2c1)C(C)C(=O)NC(Cc1c[nH]c2ccccc12)C(=O)NC(Cc1ccccc1)C(=O)NC(CCCCN)C(N)=O. The Hall–Kier alpha value is -7.37. The van der Waals surface area contributed by atoms with Crippen LogP contribution in [0.1, 0.15) is 49.9 Å².